The molecule has 4 aromatic rings. The number of aliphatic hydroxyl groups excluding tert-OH is 1. The molecule has 4 rings (SSSR count). The molecule has 1 N–H and O–H groups in total. The first-order valence-electron chi connectivity index (χ1n) is 7.81. The number of nitrogens with zero attached hydrogens (tertiary/aromatic N) is 6. The van der Waals surface area contributed by atoms with Crippen molar-refractivity contribution in [1.29, 1.82) is 0 Å². The summed E-state index contributed by atoms with van der Waals surface area (Å²) in [4.78, 5) is 3.95. The van der Waals surface area contributed by atoms with Crippen molar-refractivity contribution in [2.24, 2.45) is 0 Å². The van der Waals surface area contributed by atoms with Gasteiger partial charge in [-0.2, -0.15) is 5.10 Å². The van der Waals surface area contributed by atoms with Gasteiger partial charge >= 0.3 is 0 Å². The third-order valence-electron chi connectivity index (χ3n) is 4.04. The molecule has 0 radical (unpaired) electrons. The van der Waals surface area contributed by atoms with Gasteiger partial charge in [0, 0.05) is 0 Å². The molecule has 1 aromatic carbocycles. The van der Waals surface area contributed by atoms with E-state index in [2.05, 4.69) is 20.4 Å². The van der Waals surface area contributed by atoms with E-state index in [1.807, 2.05) is 37.4 Å². The SMILES string of the molecule is CC(c1ccc(-n2cncn2)cc1)n1cc(-c2ccc(CO)o2)nn1. The third-order valence-corrected chi connectivity index (χ3v) is 4.04. The molecule has 0 bridgehead atoms. The lowest BCUT2D eigenvalue weighted by atomic mass is 10.1. The lowest BCUT2D eigenvalue weighted by Gasteiger charge is -2.12. The number of hydrogen-bond donors (Lipinski definition) is 1. The lowest BCUT2D eigenvalue weighted by molar-refractivity contribution is 0.248. The Hall–Kier alpha value is -3.26. The third kappa shape index (κ3) is 2.94. The van der Waals surface area contributed by atoms with Crippen LogP contribution in [0.25, 0.3) is 17.1 Å². The highest BCUT2D eigenvalue weighted by Gasteiger charge is 2.14. The van der Waals surface area contributed by atoms with Gasteiger partial charge in [0.2, 0.25) is 0 Å². The van der Waals surface area contributed by atoms with E-state index in [0.29, 0.717) is 17.2 Å². The van der Waals surface area contributed by atoms with Crippen LogP contribution in [0.2, 0.25) is 0 Å². The van der Waals surface area contributed by atoms with Crippen molar-refractivity contribution < 1.29 is 9.52 Å². The number of furan rings is 1. The van der Waals surface area contributed by atoms with Crippen LogP contribution in [-0.2, 0) is 6.61 Å². The maximum Gasteiger partial charge on any atom is 0.156 e. The van der Waals surface area contributed by atoms with E-state index in [0.717, 1.165) is 11.3 Å². The van der Waals surface area contributed by atoms with Crippen molar-refractivity contribution in [3.63, 3.8) is 0 Å². The molecule has 0 saturated carbocycles. The first-order chi connectivity index (χ1) is 12.2. The Balaban J connectivity index is 1.55. The largest absolute Gasteiger partial charge is 0.457 e. The van der Waals surface area contributed by atoms with Crippen LogP contribution in [0.15, 0.2) is 59.7 Å². The highest BCUT2D eigenvalue weighted by Crippen LogP contribution is 2.23. The summed E-state index contributed by atoms with van der Waals surface area (Å²) in [5, 5.41) is 21.5. The molecule has 8 heteroatoms. The normalized spacial score (nSPS) is 12.4. The van der Waals surface area contributed by atoms with Crippen LogP contribution in [0, 0.1) is 0 Å². The molecular formula is C17H16N6O2. The molecule has 0 fully saturated rings. The average molecular weight is 336 g/mol. The van der Waals surface area contributed by atoms with E-state index >= 15 is 0 Å². The van der Waals surface area contributed by atoms with Gasteiger partial charge in [0.15, 0.2) is 5.76 Å². The van der Waals surface area contributed by atoms with Gasteiger partial charge in [-0.25, -0.2) is 14.3 Å². The van der Waals surface area contributed by atoms with Crippen molar-refractivity contribution >= 4 is 0 Å². The van der Waals surface area contributed by atoms with Gasteiger partial charge < -0.3 is 9.52 Å². The second kappa shape index (κ2) is 6.33. The number of aliphatic hydroxyl groups is 1. The smallest absolute Gasteiger partial charge is 0.156 e. The highest BCUT2D eigenvalue weighted by atomic mass is 16.4. The summed E-state index contributed by atoms with van der Waals surface area (Å²) in [6.07, 6.45) is 4.99. The Kier molecular flexibility index (Phi) is 3.87. The maximum absolute atomic E-state index is 9.09. The predicted molar refractivity (Wildman–Crippen MR) is 88.8 cm³/mol. The quantitative estimate of drug-likeness (QED) is 0.600. The Labute approximate surface area is 143 Å². The van der Waals surface area contributed by atoms with Crippen molar-refractivity contribution in [2.45, 2.75) is 19.6 Å². The molecule has 0 aliphatic heterocycles. The Morgan fingerprint density at radius 3 is 2.68 bits per heavy atom. The Bertz CT molecular complexity index is 955. The van der Waals surface area contributed by atoms with E-state index < -0.39 is 0 Å². The van der Waals surface area contributed by atoms with Gasteiger partial charge in [-0.3, -0.25) is 0 Å². The summed E-state index contributed by atoms with van der Waals surface area (Å²) in [5.41, 5.74) is 2.67. The summed E-state index contributed by atoms with van der Waals surface area (Å²) in [6.45, 7) is 1.91. The van der Waals surface area contributed by atoms with Gasteiger partial charge in [-0.15, -0.1) is 5.10 Å². The van der Waals surface area contributed by atoms with Crippen molar-refractivity contribution in [3.8, 4) is 17.1 Å². The molecule has 0 saturated heterocycles. The second-order valence-electron chi connectivity index (χ2n) is 5.62. The number of benzene rings is 1. The van der Waals surface area contributed by atoms with E-state index in [-0.39, 0.29) is 12.6 Å². The second-order valence-corrected chi connectivity index (χ2v) is 5.62. The van der Waals surface area contributed by atoms with Crippen LogP contribution in [0.5, 0.6) is 0 Å². The molecule has 0 spiro atoms. The van der Waals surface area contributed by atoms with Gasteiger partial charge in [0.05, 0.1) is 17.9 Å². The molecule has 8 nitrogen and oxygen atoms in total. The lowest BCUT2D eigenvalue weighted by Crippen LogP contribution is -2.07. The fourth-order valence-electron chi connectivity index (χ4n) is 2.58. The Morgan fingerprint density at radius 1 is 1.16 bits per heavy atom. The maximum atomic E-state index is 9.09. The first-order valence-corrected chi connectivity index (χ1v) is 7.81. The average Bonchev–Trinajstić information content (AvgIpc) is 3.42. The van der Waals surface area contributed by atoms with E-state index in [1.165, 1.54) is 6.33 Å². The molecule has 0 aliphatic carbocycles. The molecule has 3 heterocycles. The van der Waals surface area contributed by atoms with E-state index in [9.17, 15) is 0 Å². The number of rotatable bonds is 5. The zero-order valence-corrected chi connectivity index (χ0v) is 13.5. The summed E-state index contributed by atoms with van der Waals surface area (Å²) >= 11 is 0. The van der Waals surface area contributed by atoms with Crippen LogP contribution < -0.4 is 0 Å². The van der Waals surface area contributed by atoms with E-state index in [1.54, 1.807) is 27.8 Å². The number of hydrogen-bond acceptors (Lipinski definition) is 6. The van der Waals surface area contributed by atoms with E-state index in [4.69, 9.17) is 9.52 Å². The van der Waals surface area contributed by atoms with Gasteiger partial charge in [0.1, 0.15) is 30.7 Å². The molecule has 0 amide bonds. The van der Waals surface area contributed by atoms with Crippen LogP contribution in [0.1, 0.15) is 24.3 Å². The monoisotopic (exact) mass is 336 g/mol. The van der Waals surface area contributed by atoms with Crippen molar-refractivity contribution in [3.05, 3.63) is 66.6 Å². The fraction of sp³-hybridized carbons (Fsp3) is 0.176. The summed E-state index contributed by atoms with van der Waals surface area (Å²) < 4.78 is 8.98. The zero-order chi connectivity index (χ0) is 17.2. The van der Waals surface area contributed by atoms with Gasteiger partial charge in [0.25, 0.3) is 0 Å². The molecule has 126 valence electrons. The molecule has 1 unspecified atom stereocenters. The molecule has 0 aliphatic rings. The van der Waals surface area contributed by atoms with Crippen LogP contribution in [0.4, 0.5) is 0 Å². The van der Waals surface area contributed by atoms with Crippen LogP contribution >= 0.6 is 0 Å². The minimum Gasteiger partial charge on any atom is -0.457 e. The predicted octanol–water partition coefficient (Wildman–Crippen LogP) is 2.22. The standard InChI is InChI=1S/C17H16N6O2/c1-12(13-2-4-14(5-3-13)23-11-18-10-19-23)22-8-16(20-21-22)17-7-6-15(9-24)25-17/h2-8,10-12,24H,9H2,1H3. The topological polar surface area (TPSA) is 94.8 Å². The van der Waals surface area contributed by atoms with Gasteiger partial charge in [-0.1, -0.05) is 17.3 Å². The molecular weight excluding hydrogens is 320 g/mol. The van der Waals surface area contributed by atoms with Crippen molar-refractivity contribution in [2.75, 3.05) is 0 Å². The first kappa shape index (κ1) is 15.3. The minimum absolute atomic E-state index is 0.0123. The Morgan fingerprint density at radius 2 is 2.00 bits per heavy atom. The highest BCUT2D eigenvalue weighted by molar-refractivity contribution is 5.50. The van der Waals surface area contributed by atoms with Crippen molar-refractivity contribution in [1.82, 2.24) is 29.8 Å². The summed E-state index contributed by atoms with van der Waals surface area (Å²) in [5.74, 6) is 1.09. The number of aromatic nitrogens is 6. The zero-order valence-electron chi connectivity index (χ0n) is 13.5. The summed E-state index contributed by atoms with van der Waals surface area (Å²) in [6, 6.07) is 11.5. The fourth-order valence-corrected chi connectivity index (χ4v) is 2.58. The minimum atomic E-state index is -0.136. The van der Waals surface area contributed by atoms with Crippen LogP contribution in [-0.4, -0.2) is 34.9 Å². The molecule has 1 atom stereocenters. The van der Waals surface area contributed by atoms with Gasteiger partial charge in [-0.05, 0) is 36.8 Å². The molecule has 3 aromatic heterocycles. The summed E-state index contributed by atoms with van der Waals surface area (Å²) in [7, 11) is 0. The van der Waals surface area contributed by atoms with Crippen LogP contribution in [0.3, 0.4) is 0 Å². The molecule has 25 heavy (non-hydrogen) atoms.